The lowest BCUT2D eigenvalue weighted by molar-refractivity contribution is -0.253. The summed E-state index contributed by atoms with van der Waals surface area (Å²) in [5.41, 5.74) is -2.74. The lowest BCUT2D eigenvalue weighted by Gasteiger charge is -2.26. The van der Waals surface area contributed by atoms with Gasteiger partial charge < -0.3 is 10.0 Å². The highest BCUT2D eigenvalue weighted by Gasteiger charge is 2.57. The van der Waals surface area contributed by atoms with E-state index in [4.69, 9.17) is 0 Å². The summed E-state index contributed by atoms with van der Waals surface area (Å²) in [4.78, 5) is 12.8. The highest BCUT2D eigenvalue weighted by atomic mass is 32.2. The lowest BCUT2D eigenvalue weighted by atomic mass is 10.0. The van der Waals surface area contributed by atoms with E-state index >= 15 is 0 Å². The molecule has 1 saturated heterocycles. The van der Waals surface area contributed by atoms with Gasteiger partial charge in [-0.3, -0.25) is 4.79 Å². The maximum atomic E-state index is 12.6. The van der Waals surface area contributed by atoms with Crippen LogP contribution in [-0.4, -0.2) is 51.3 Å². The van der Waals surface area contributed by atoms with Crippen LogP contribution in [0.1, 0.15) is 27.2 Å². The minimum atomic E-state index is -4.68. The third-order valence-corrected chi connectivity index (χ3v) is 4.01. The average molecular weight is 285 g/mol. The van der Waals surface area contributed by atoms with Crippen molar-refractivity contribution in [2.45, 2.75) is 43.7 Å². The zero-order valence-corrected chi connectivity index (χ0v) is 11.5. The van der Waals surface area contributed by atoms with E-state index in [-0.39, 0.29) is 23.0 Å². The number of nitrogens with zero attached hydrogens (tertiary/aromatic N) is 1. The highest BCUT2D eigenvalue weighted by molar-refractivity contribution is 8.01. The second-order valence-electron chi connectivity index (χ2n) is 5.50. The van der Waals surface area contributed by atoms with Gasteiger partial charge in [0.05, 0.1) is 12.3 Å². The van der Waals surface area contributed by atoms with Crippen molar-refractivity contribution in [2.75, 3.05) is 18.8 Å². The Morgan fingerprint density at radius 3 is 2.33 bits per heavy atom. The summed E-state index contributed by atoms with van der Waals surface area (Å²) >= 11 is 1.38. The Balaban J connectivity index is 2.55. The van der Waals surface area contributed by atoms with Crippen molar-refractivity contribution >= 4 is 17.7 Å². The van der Waals surface area contributed by atoms with Crippen LogP contribution in [0.4, 0.5) is 13.2 Å². The van der Waals surface area contributed by atoms with Gasteiger partial charge in [0.25, 0.3) is 0 Å². The molecule has 0 spiro atoms. The predicted octanol–water partition coefficient (Wildman–Crippen LogP) is 2.04. The molecule has 0 aromatic rings. The van der Waals surface area contributed by atoms with E-state index in [0.717, 1.165) is 4.90 Å². The Morgan fingerprint density at radius 2 is 1.94 bits per heavy atom. The van der Waals surface area contributed by atoms with Crippen molar-refractivity contribution in [3.8, 4) is 0 Å². The summed E-state index contributed by atoms with van der Waals surface area (Å²) in [6.07, 6.45) is -5.12. The number of likely N-dealkylation sites (tertiary alicyclic amines) is 1. The minimum Gasteiger partial charge on any atom is -0.379 e. The molecular formula is C11H18F3NO2S. The van der Waals surface area contributed by atoms with Gasteiger partial charge in [-0.05, 0) is 0 Å². The normalized spacial score (nSPS) is 25.6. The molecule has 1 aliphatic rings. The van der Waals surface area contributed by atoms with Crippen LogP contribution in [0.25, 0.3) is 0 Å². The Kier molecular flexibility index (Phi) is 4.27. The molecule has 0 aromatic carbocycles. The maximum absolute atomic E-state index is 12.6. The molecule has 0 radical (unpaired) electrons. The number of β-amino-alcohol motifs (C(OH)–C–C–N with tert-alkyl or cyclic N) is 1. The Bertz CT molecular complexity index is 327. The third-order valence-electron chi connectivity index (χ3n) is 2.76. The van der Waals surface area contributed by atoms with Gasteiger partial charge in [0.1, 0.15) is 0 Å². The highest BCUT2D eigenvalue weighted by Crippen LogP contribution is 2.37. The molecule has 1 amide bonds. The van der Waals surface area contributed by atoms with Crippen molar-refractivity contribution in [2.24, 2.45) is 0 Å². The summed E-state index contributed by atoms with van der Waals surface area (Å²) in [6.45, 7) is 5.10. The van der Waals surface area contributed by atoms with Crippen LogP contribution < -0.4 is 0 Å². The van der Waals surface area contributed by atoms with E-state index in [1.807, 2.05) is 20.8 Å². The molecule has 1 atom stereocenters. The van der Waals surface area contributed by atoms with Gasteiger partial charge in [0.15, 0.2) is 5.60 Å². The summed E-state index contributed by atoms with van der Waals surface area (Å²) in [7, 11) is 0. The monoisotopic (exact) mass is 285 g/mol. The molecule has 0 saturated carbocycles. The number of halogens is 3. The van der Waals surface area contributed by atoms with Crippen LogP contribution in [0.2, 0.25) is 0 Å². The van der Waals surface area contributed by atoms with Crippen molar-refractivity contribution in [1.29, 1.82) is 0 Å². The zero-order valence-electron chi connectivity index (χ0n) is 10.7. The number of amides is 1. The number of alkyl halides is 3. The number of carbonyl (C=O) groups is 1. The quantitative estimate of drug-likeness (QED) is 0.844. The fourth-order valence-electron chi connectivity index (χ4n) is 1.61. The molecule has 0 bridgehead atoms. The first-order chi connectivity index (χ1) is 7.95. The SMILES string of the molecule is CC(C)(C)SCC(=O)N1CCC(O)(C(F)(F)F)C1. The zero-order chi connectivity index (χ0) is 14.2. The maximum Gasteiger partial charge on any atom is 0.419 e. The second kappa shape index (κ2) is 4.92. The fraction of sp³-hybridized carbons (Fsp3) is 0.909. The molecule has 0 aromatic heterocycles. The van der Waals surface area contributed by atoms with E-state index in [0.29, 0.717) is 0 Å². The van der Waals surface area contributed by atoms with Crippen LogP contribution in [0, 0.1) is 0 Å². The molecule has 1 rings (SSSR count). The number of carbonyl (C=O) groups excluding carboxylic acids is 1. The second-order valence-corrected chi connectivity index (χ2v) is 7.30. The first kappa shape index (κ1) is 15.6. The molecule has 106 valence electrons. The van der Waals surface area contributed by atoms with E-state index in [2.05, 4.69) is 0 Å². The fourth-order valence-corrected chi connectivity index (χ4v) is 2.35. The van der Waals surface area contributed by atoms with Gasteiger partial charge in [-0.2, -0.15) is 13.2 Å². The average Bonchev–Trinajstić information content (AvgIpc) is 2.56. The van der Waals surface area contributed by atoms with Crippen molar-refractivity contribution in [3.05, 3.63) is 0 Å². The van der Waals surface area contributed by atoms with Gasteiger partial charge in [0, 0.05) is 17.7 Å². The topological polar surface area (TPSA) is 40.5 Å². The Morgan fingerprint density at radius 1 is 1.39 bits per heavy atom. The lowest BCUT2D eigenvalue weighted by Crippen LogP contribution is -2.48. The molecule has 1 N–H and O–H groups in total. The number of rotatable bonds is 2. The smallest absolute Gasteiger partial charge is 0.379 e. The molecule has 1 fully saturated rings. The number of thioether (sulfide) groups is 1. The van der Waals surface area contributed by atoms with Crippen LogP contribution in [-0.2, 0) is 4.79 Å². The number of hydrogen-bond donors (Lipinski definition) is 1. The number of hydrogen-bond acceptors (Lipinski definition) is 3. The minimum absolute atomic E-state index is 0.0421. The molecule has 18 heavy (non-hydrogen) atoms. The summed E-state index contributed by atoms with van der Waals surface area (Å²) in [5.74, 6) is -0.215. The predicted molar refractivity (Wildman–Crippen MR) is 64.4 cm³/mol. The Labute approximate surface area is 109 Å². The van der Waals surface area contributed by atoms with Crippen molar-refractivity contribution in [1.82, 2.24) is 4.90 Å². The van der Waals surface area contributed by atoms with E-state index in [1.165, 1.54) is 11.8 Å². The van der Waals surface area contributed by atoms with Crippen LogP contribution >= 0.6 is 11.8 Å². The molecule has 3 nitrogen and oxygen atoms in total. The largest absolute Gasteiger partial charge is 0.419 e. The molecule has 0 aliphatic carbocycles. The van der Waals surface area contributed by atoms with Gasteiger partial charge in [-0.1, -0.05) is 20.8 Å². The van der Waals surface area contributed by atoms with E-state index in [1.54, 1.807) is 0 Å². The first-order valence-corrected chi connectivity index (χ1v) is 6.64. The van der Waals surface area contributed by atoms with Crippen LogP contribution in [0.5, 0.6) is 0 Å². The van der Waals surface area contributed by atoms with Crippen LogP contribution in [0.15, 0.2) is 0 Å². The molecular weight excluding hydrogens is 267 g/mol. The van der Waals surface area contributed by atoms with Crippen molar-refractivity contribution < 1.29 is 23.1 Å². The summed E-state index contributed by atoms with van der Waals surface area (Å²) in [5, 5.41) is 9.45. The summed E-state index contributed by atoms with van der Waals surface area (Å²) < 4.78 is 37.6. The molecule has 1 unspecified atom stereocenters. The van der Waals surface area contributed by atoms with E-state index in [9.17, 15) is 23.1 Å². The van der Waals surface area contributed by atoms with Gasteiger partial charge in [0.2, 0.25) is 5.91 Å². The first-order valence-electron chi connectivity index (χ1n) is 5.65. The van der Waals surface area contributed by atoms with E-state index < -0.39 is 24.7 Å². The van der Waals surface area contributed by atoms with Gasteiger partial charge in [-0.15, -0.1) is 11.8 Å². The molecule has 1 heterocycles. The summed E-state index contributed by atoms with van der Waals surface area (Å²) in [6, 6.07) is 0. The van der Waals surface area contributed by atoms with Crippen molar-refractivity contribution in [3.63, 3.8) is 0 Å². The van der Waals surface area contributed by atoms with Gasteiger partial charge >= 0.3 is 6.18 Å². The molecule has 7 heteroatoms. The third kappa shape index (κ3) is 3.78. The standard InChI is InChI=1S/C11H18F3NO2S/c1-9(2,3)18-6-8(16)15-5-4-10(17,7-15)11(12,13)14/h17H,4-7H2,1-3H3. The van der Waals surface area contributed by atoms with Gasteiger partial charge in [-0.25, -0.2) is 0 Å². The van der Waals surface area contributed by atoms with Crippen LogP contribution in [0.3, 0.4) is 0 Å². The molecule has 1 aliphatic heterocycles. The Hall–Kier alpha value is -0.430. The number of aliphatic hydroxyl groups is 1.